The predicted molar refractivity (Wildman–Crippen MR) is 102 cm³/mol. The molecule has 3 rings (SSSR count). The Morgan fingerprint density at radius 3 is 2.63 bits per heavy atom. The third-order valence-electron chi connectivity index (χ3n) is 4.41. The number of benzene rings is 2. The molecule has 0 radical (unpaired) electrons. The highest BCUT2D eigenvalue weighted by Gasteiger charge is 2.35. The fourth-order valence-electron chi connectivity index (χ4n) is 3.04. The Kier molecular flexibility index (Phi) is 5.18. The number of para-hydroxylation sites is 1. The number of sulfone groups is 1. The van der Waals surface area contributed by atoms with Crippen LogP contribution in [0.3, 0.4) is 0 Å². The van der Waals surface area contributed by atoms with Crippen LogP contribution in [0, 0.1) is 5.92 Å². The topological polar surface area (TPSA) is 92.8 Å². The second kappa shape index (κ2) is 7.40. The zero-order valence-corrected chi connectivity index (χ0v) is 15.8. The number of amides is 2. The normalized spacial score (nSPS) is 17.0. The number of hydrogen-bond donors (Lipinski definition) is 1. The minimum absolute atomic E-state index is 0.0484. The summed E-state index contributed by atoms with van der Waals surface area (Å²) >= 11 is 0. The maximum absolute atomic E-state index is 12.6. The van der Waals surface area contributed by atoms with Crippen molar-refractivity contribution in [2.24, 2.45) is 5.92 Å². The standard InChI is InChI=1S/C19H20N2O5S/c1-26-15-7-5-6-14(11-15)21-12-13(10-18(21)22)19(23)20-16-8-3-4-9-17(16)27(2,24)25/h3-9,11,13H,10,12H2,1-2H3,(H,20,23). The van der Waals surface area contributed by atoms with Gasteiger partial charge in [-0.25, -0.2) is 8.42 Å². The maximum atomic E-state index is 12.6. The lowest BCUT2D eigenvalue weighted by molar-refractivity contribution is -0.122. The van der Waals surface area contributed by atoms with Crippen molar-refractivity contribution >= 4 is 33.0 Å². The molecule has 0 spiro atoms. The second-order valence-electron chi connectivity index (χ2n) is 6.36. The first-order valence-corrected chi connectivity index (χ1v) is 10.2. The quantitative estimate of drug-likeness (QED) is 0.847. The van der Waals surface area contributed by atoms with E-state index in [4.69, 9.17) is 4.74 Å². The molecule has 0 aliphatic carbocycles. The van der Waals surface area contributed by atoms with E-state index in [1.807, 2.05) is 0 Å². The van der Waals surface area contributed by atoms with Crippen molar-refractivity contribution in [2.45, 2.75) is 11.3 Å². The molecule has 1 heterocycles. The van der Waals surface area contributed by atoms with Crippen molar-refractivity contribution in [3.63, 3.8) is 0 Å². The number of carbonyl (C=O) groups is 2. The molecule has 1 fully saturated rings. The summed E-state index contributed by atoms with van der Waals surface area (Å²) in [5.41, 5.74) is 0.878. The number of rotatable bonds is 5. The fourth-order valence-corrected chi connectivity index (χ4v) is 3.88. The van der Waals surface area contributed by atoms with Crippen LogP contribution in [0.1, 0.15) is 6.42 Å². The Labute approximate surface area is 157 Å². The van der Waals surface area contributed by atoms with Crippen LogP contribution in [0.2, 0.25) is 0 Å². The Balaban J connectivity index is 1.77. The van der Waals surface area contributed by atoms with E-state index < -0.39 is 15.8 Å². The molecule has 8 heteroatoms. The first kappa shape index (κ1) is 18.9. The minimum atomic E-state index is -3.48. The molecule has 2 aromatic carbocycles. The van der Waals surface area contributed by atoms with Crippen molar-refractivity contribution in [2.75, 3.05) is 30.1 Å². The molecule has 0 saturated carbocycles. The molecular formula is C19H20N2O5S. The summed E-state index contributed by atoms with van der Waals surface area (Å²) in [6, 6.07) is 13.3. The Hall–Kier alpha value is -2.87. The van der Waals surface area contributed by atoms with Crippen molar-refractivity contribution < 1.29 is 22.7 Å². The maximum Gasteiger partial charge on any atom is 0.229 e. The summed E-state index contributed by atoms with van der Waals surface area (Å²) in [5, 5.41) is 2.65. The highest BCUT2D eigenvalue weighted by atomic mass is 32.2. The molecular weight excluding hydrogens is 368 g/mol. The smallest absolute Gasteiger partial charge is 0.229 e. The number of carbonyl (C=O) groups excluding carboxylic acids is 2. The van der Waals surface area contributed by atoms with Crippen LogP contribution in [0.5, 0.6) is 5.75 Å². The number of methoxy groups -OCH3 is 1. The molecule has 0 aromatic heterocycles. The summed E-state index contributed by atoms with van der Waals surface area (Å²) in [7, 11) is -1.94. The Morgan fingerprint density at radius 2 is 1.93 bits per heavy atom. The molecule has 1 N–H and O–H groups in total. The van der Waals surface area contributed by atoms with Crippen molar-refractivity contribution in [3.05, 3.63) is 48.5 Å². The van der Waals surface area contributed by atoms with Gasteiger partial charge < -0.3 is 15.0 Å². The lowest BCUT2D eigenvalue weighted by Gasteiger charge is -2.17. The van der Waals surface area contributed by atoms with E-state index in [0.717, 1.165) is 6.26 Å². The van der Waals surface area contributed by atoms with E-state index in [9.17, 15) is 18.0 Å². The van der Waals surface area contributed by atoms with Gasteiger partial charge in [-0.2, -0.15) is 0 Å². The van der Waals surface area contributed by atoms with E-state index in [0.29, 0.717) is 11.4 Å². The molecule has 142 valence electrons. The van der Waals surface area contributed by atoms with Crippen LogP contribution in [0.25, 0.3) is 0 Å². The van der Waals surface area contributed by atoms with Gasteiger partial charge in [-0.05, 0) is 24.3 Å². The Morgan fingerprint density at radius 1 is 1.19 bits per heavy atom. The summed E-state index contributed by atoms with van der Waals surface area (Å²) in [6.45, 7) is 0.221. The largest absolute Gasteiger partial charge is 0.497 e. The van der Waals surface area contributed by atoms with Gasteiger partial charge in [0.05, 0.1) is 23.6 Å². The molecule has 2 amide bonds. The average molecular weight is 388 g/mol. The number of ether oxygens (including phenoxy) is 1. The molecule has 1 aliphatic rings. The number of nitrogens with one attached hydrogen (secondary N) is 1. The van der Waals surface area contributed by atoms with E-state index in [2.05, 4.69) is 5.32 Å². The first-order valence-electron chi connectivity index (χ1n) is 8.34. The number of anilines is 2. The van der Waals surface area contributed by atoms with Gasteiger partial charge >= 0.3 is 0 Å². The lowest BCUT2D eigenvalue weighted by Crippen LogP contribution is -2.28. The van der Waals surface area contributed by atoms with Crippen LogP contribution in [-0.4, -0.2) is 40.1 Å². The molecule has 2 aromatic rings. The lowest BCUT2D eigenvalue weighted by atomic mass is 10.1. The van der Waals surface area contributed by atoms with Crippen LogP contribution in [0.4, 0.5) is 11.4 Å². The van der Waals surface area contributed by atoms with Gasteiger partial charge in [0.1, 0.15) is 5.75 Å². The van der Waals surface area contributed by atoms with Gasteiger partial charge in [-0.15, -0.1) is 0 Å². The highest BCUT2D eigenvalue weighted by molar-refractivity contribution is 7.90. The fraction of sp³-hybridized carbons (Fsp3) is 0.263. The van der Waals surface area contributed by atoms with E-state index in [1.54, 1.807) is 43.5 Å². The van der Waals surface area contributed by atoms with Gasteiger partial charge in [0.2, 0.25) is 11.8 Å². The molecule has 1 unspecified atom stereocenters. The zero-order valence-electron chi connectivity index (χ0n) is 15.0. The third-order valence-corrected chi connectivity index (χ3v) is 5.56. The van der Waals surface area contributed by atoms with Crippen molar-refractivity contribution in [1.82, 2.24) is 0 Å². The van der Waals surface area contributed by atoms with Gasteiger partial charge in [-0.1, -0.05) is 18.2 Å². The molecule has 1 aliphatic heterocycles. The van der Waals surface area contributed by atoms with E-state index in [-0.39, 0.29) is 35.4 Å². The molecule has 1 saturated heterocycles. The van der Waals surface area contributed by atoms with Crippen LogP contribution < -0.4 is 15.0 Å². The number of hydrogen-bond acceptors (Lipinski definition) is 5. The molecule has 7 nitrogen and oxygen atoms in total. The zero-order chi connectivity index (χ0) is 19.6. The number of nitrogens with zero attached hydrogens (tertiary/aromatic N) is 1. The first-order chi connectivity index (χ1) is 12.8. The van der Waals surface area contributed by atoms with Gasteiger partial charge in [0.25, 0.3) is 0 Å². The van der Waals surface area contributed by atoms with Crippen molar-refractivity contribution in [1.29, 1.82) is 0 Å². The summed E-state index contributed by atoms with van der Waals surface area (Å²) < 4.78 is 28.9. The molecule has 27 heavy (non-hydrogen) atoms. The summed E-state index contributed by atoms with van der Waals surface area (Å²) in [4.78, 5) is 26.6. The SMILES string of the molecule is COc1cccc(N2CC(C(=O)Nc3ccccc3S(C)(=O)=O)CC2=O)c1. The van der Waals surface area contributed by atoms with E-state index >= 15 is 0 Å². The van der Waals surface area contributed by atoms with Crippen molar-refractivity contribution in [3.8, 4) is 5.75 Å². The highest BCUT2D eigenvalue weighted by Crippen LogP contribution is 2.29. The van der Waals surface area contributed by atoms with Crippen LogP contribution >= 0.6 is 0 Å². The predicted octanol–water partition coefficient (Wildman–Crippen LogP) is 2.09. The van der Waals surface area contributed by atoms with Gasteiger partial charge in [0.15, 0.2) is 9.84 Å². The third kappa shape index (κ3) is 4.11. The monoisotopic (exact) mass is 388 g/mol. The summed E-state index contributed by atoms with van der Waals surface area (Å²) in [5.74, 6) is -0.503. The molecule has 1 atom stereocenters. The van der Waals surface area contributed by atoms with Crippen LogP contribution in [-0.2, 0) is 19.4 Å². The van der Waals surface area contributed by atoms with E-state index in [1.165, 1.54) is 17.0 Å². The summed E-state index contributed by atoms with van der Waals surface area (Å²) in [6.07, 6.45) is 1.14. The average Bonchev–Trinajstić information content (AvgIpc) is 3.03. The Bertz CT molecular complexity index is 987. The minimum Gasteiger partial charge on any atom is -0.497 e. The van der Waals surface area contributed by atoms with Gasteiger partial charge in [0, 0.05) is 31.0 Å². The molecule has 0 bridgehead atoms. The van der Waals surface area contributed by atoms with Crippen LogP contribution in [0.15, 0.2) is 53.4 Å². The van der Waals surface area contributed by atoms with Gasteiger partial charge in [-0.3, -0.25) is 9.59 Å². The second-order valence-corrected chi connectivity index (χ2v) is 8.35.